The number of aryl methyl sites for hydroxylation is 2. The molecule has 0 spiro atoms. The number of carbonyl (C=O) groups is 1. The lowest BCUT2D eigenvalue weighted by molar-refractivity contribution is 0.0573. The molecular formula is C24H25N7O3S. The fraction of sp³-hybridized carbons (Fsp3) is 0.417. The van der Waals surface area contributed by atoms with Gasteiger partial charge < -0.3 is 19.2 Å². The van der Waals surface area contributed by atoms with Crippen molar-refractivity contribution in [3.8, 4) is 10.6 Å². The number of hydrogen-bond donors (Lipinski definition) is 1. The Balaban J connectivity index is 1.16. The molecule has 2 saturated heterocycles. The topological polar surface area (TPSA) is 123 Å². The Morgan fingerprint density at radius 2 is 1.89 bits per heavy atom. The standard InChI is InChI=1S/C24H25N7O3S/c1-13-18(20(34-29-13)21-14(2)26-30-35-21)24(32)31-11-16(12-31)22-27-28-23(33-22)19-17(9-6-10-25-19)15-7-4-3-5-8-15/h3-5,7-8,16-17,19,25H,6,9-12H2,1-2H3/t17-,19-/m1/s1. The van der Waals surface area contributed by atoms with Crippen LogP contribution in [-0.4, -0.2) is 55.4 Å². The lowest BCUT2D eigenvalue weighted by atomic mass is 9.85. The average molecular weight is 492 g/mol. The molecule has 3 aromatic heterocycles. The molecule has 2 aliphatic rings. The zero-order valence-electron chi connectivity index (χ0n) is 19.5. The molecular weight excluding hydrogens is 466 g/mol. The van der Waals surface area contributed by atoms with Crippen LogP contribution in [0.15, 0.2) is 39.3 Å². The van der Waals surface area contributed by atoms with Crippen molar-refractivity contribution in [2.45, 2.75) is 44.6 Å². The van der Waals surface area contributed by atoms with E-state index in [0.717, 1.165) is 24.3 Å². The van der Waals surface area contributed by atoms with Gasteiger partial charge in [0.15, 0.2) is 5.76 Å². The number of nitrogens with zero attached hydrogens (tertiary/aromatic N) is 6. The molecule has 1 aromatic carbocycles. The summed E-state index contributed by atoms with van der Waals surface area (Å²) in [5.74, 6) is 1.79. The Bertz CT molecular complexity index is 1340. The number of piperidine rings is 1. The summed E-state index contributed by atoms with van der Waals surface area (Å²) in [5, 5.41) is 20.3. The minimum Gasteiger partial charge on any atom is -0.423 e. The van der Waals surface area contributed by atoms with E-state index in [1.54, 1.807) is 11.8 Å². The van der Waals surface area contributed by atoms with Gasteiger partial charge in [-0.1, -0.05) is 40.0 Å². The van der Waals surface area contributed by atoms with Crippen LogP contribution in [0.5, 0.6) is 0 Å². The Labute approximate surface area is 205 Å². The van der Waals surface area contributed by atoms with Crippen molar-refractivity contribution < 1.29 is 13.7 Å². The zero-order chi connectivity index (χ0) is 23.9. The lowest BCUT2D eigenvalue weighted by Crippen LogP contribution is -2.48. The van der Waals surface area contributed by atoms with E-state index in [1.165, 1.54) is 17.1 Å². The number of nitrogens with one attached hydrogen (secondary N) is 1. The summed E-state index contributed by atoms with van der Waals surface area (Å²) in [4.78, 5) is 15.8. The average Bonchev–Trinajstić information content (AvgIpc) is 3.59. The molecule has 10 nitrogen and oxygen atoms in total. The van der Waals surface area contributed by atoms with Gasteiger partial charge in [-0.3, -0.25) is 4.79 Å². The number of rotatable bonds is 5. The van der Waals surface area contributed by atoms with E-state index in [1.807, 2.05) is 13.0 Å². The SMILES string of the molecule is Cc1nnsc1-c1onc(C)c1C(=O)N1CC(c2nnc([C@@H]3NCCC[C@@H]3c3ccccc3)o2)C1. The quantitative estimate of drug-likeness (QED) is 0.446. The van der Waals surface area contributed by atoms with Gasteiger partial charge in [-0.25, -0.2) is 0 Å². The molecule has 6 rings (SSSR count). The van der Waals surface area contributed by atoms with Crippen molar-refractivity contribution in [3.63, 3.8) is 0 Å². The normalized spacial score (nSPS) is 20.7. The van der Waals surface area contributed by atoms with Crippen LogP contribution in [0.25, 0.3) is 10.6 Å². The van der Waals surface area contributed by atoms with Crippen LogP contribution in [0.3, 0.4) is 0 Å². The van der Waals surface area contributed by atoms with Crippen LogP contribution in [-0.2, 0) is 0 Å². The van der Waals surface area contributed by atoms with Gasteiger partial charge in [0.1, 0.15) is 10.4 Å². The smallest absolute Gasteiger partial charge is 0.259 e. The Hall–Kier alpha value is -3.44. The van der Waals surface area contributed by atoms with E-state index in [4.69, 9.17) is 8.94 Å². The second kappa shape index (κ2) is 8.97. The Morgan fingerprint density at radius 3 is 2.66 bits per heavy atom. The second-order valence-corrected chi connectivity index (χ2v) is 9.89. The van der Waals surface area contributed by atoms with Crippen molar-refractivity contribution in [1.82, 2.24) is 35.2 Å². The minimum absolute atomic E-state index is 0.00869. The van der Waals surface area contributed by atoms with Crippen LogP contribution in [0, 0.1) is 13.8 Å². The Kier molecular flexibility index (Phi) is 5.65. The van der Waals surface area contributed by atoms with Gasteiger partial charge in [-0.15, -0.1) is 15.3 Å². The summed E-state index contributed by atoms with van der Waals surface area (Å²) in [6, 6.07) is 10.5. The van der Waals surface area contributed by atoms with Crippen molar-refractivity contribution >= 4 is 17.4 Å². The summed E-state index contributed by atoms with van der Waals surface area (Å²) in [6.07, 6.45) is 2.18. The molecule has 2 atom stereocenters. The highest BCUT2D eigenvalue weighted by Crippen LogP contribution is 2.38. The lowest BCUT2D eigenvalue weighted by Gasteiger charge is -2.37. The van der Waals surface area contributed by atoms with E-state index >= 15 is 0 Å². The van der Waals surface area contributed by atoms with Crippen molar-refractivity contribution in [3.05, 3.63) is 64.6 Å². The van der Waals surface area contributed by atoms with Gasteiger partial charge in [-0.05, 0) is 50.3 Å². The first kappa shape index (κ1) is 22.1. The largest absolute Gasteiger partial charge is 0.423 e. The van der Waals surface area contributed by atoms with E-state index < -0.39 is 0 Å². The van der Waals surface area contributed by atoms with Crippen LogP contribution >= 0.6 is 11.5 Å². The molecule has 0 unspecified atom stereocenters. The van der Waals surface area contributed by atoms with E-state index in [2.05, 4.69) is 54.5 Å². The van der Waals surface area contributed by atoms with Crippen molar-refractivity contribution in [1.29, 1.82) is 0 Å². The second-order valence-electron chi connectivity index (χ2n) is 9.14. The molecule has 1 amide bonds. The predicted octanol–water partition coefficient (Wildman–Crippen LogP) is 3.64. The molecule has 180 valence electrons. The number of hydrogen-bond acceptors (Lipinski definition) is 10. The first-order valence-corrected chi connectivity index (χ1v) is 12.5. The van der Waals surface area contributed by atoms with Crippen molar-refractivity contribution in [2.24, 2.45) is 0 Å². The van der Waals surface area contributed by atoms with Crippen LogP contribution < -0.4 is 5.32 Å². The molecule has 0 saturated carbocycles. The molecule has 1 N–H and O–H groups in total. The third-order valence-electron chi connectivity index (χ3n) is 6.86. The summed E-state index contributed by atoms with van der Waals surface area (Å²) >= 11 is 1.19. The molecule has 2 fully saturated rings. The van der Waals surface area contributed by atoms with Gasteiger partial charge in [0.05, 0.1) is 23.3 Å². The highest BCUT2D eigenvalue weighted by molar-refractivity contribution is 7.09. The monoisotopic (exact) mass is 491 g/mol. The highest BCUT2D eigenvalue weighted by atomic mass is 32.1. The van der Waals surface area contributed by atoms with Gasteiger partial charge in [0.2, 0.25) is 11.8 Å². The number of benzene rings is 1. The maximum Gasteiger partial charge on any atom is 0.259 e. The van der Waals surface area contributed by atoms with Crippen LogP contribution in [0.4, 0.5) is 0 Å². The summed E-state index contributed by atoms with van der Waals surface area (Å²) in [5.41, 5.74) is 3.00. The fourth-order valence-electron chi connectivity index (χ4n) is 4.92. The first-order valence-electron chi connectivity index (χ1n) is 11.8. The molecule has 2 aliphatic heterocycles. The predicted molar refractivity (Wildman–Crippen MR) is 127 cm³/mol. The molecule has 35 heavy (non-hydrogen) atoms. The maximum atomic E-state index is 13.3. The van der Waals surface area contributed by atoms with E-state index in [-0.39, 0.29) is 23.8 Å². The van der Waals surface area contributed by atoms with Gasteiger partial charge >= 0.3 is 0 Å². The van der Waals surface area contributed by atoms with Crippen LogP contribution in [0.2, 0.25) is 0 Å². The third kappa shape index (κ3) is 3.94. The summed E-state index contributed by atoms with van der Waals surface area (Å²) < 4.78 is 15.6. The number of likely N-dealkylation sites (tertiary alicyclic amines) is 1. The number of amides is 1. The molecule has 5 heterocycles. The first-order chi connectivity index (χ1) is 17.1. The Morgan fingerprint density at radius 1 is 1.09 bits per heavy atom. The third-order valence-corrected chi connectivity index (χ3v) is 7.69. The number of carbonyl (C=O) groups excluding carboxylic acids is 1. The maximum absolute atomic E-state index is 13.3. The number of aromatic nitrogens is 5. The van der Waals surface area contributed by atoms with Crippen LogP contribution in [0.1, 0.15) is 69.8 Å². The molecule has 0 aliphatic carbocycles. The zero-order valence-corrected chi connectivity index (χ0v) is 20.3. The molecule has 0 bridgehead atoms. The van der Waals surface area contributed by atoms with Gasteiger partial charge in [0, 0.05) is 19.0 Å². The van der Waals surface area contributed by atoms with Gasteiger partial charge in [-0.2, -0.15) is 0 Å². The highest BCUT2D eigenvalue weighted by Gasteiger charge is 2.40. The van der Waals surface area contributed by atoms with E-state index in [0.29, 0.717) is 47.6 Å². The molecule has 0 radical (unpaired) electrons. The summed E-state index contributed by atoms with van der Waals surface area (Å²) in [6.45, 7) is 5.54. The summed E-state index contributed by atoms with van der Waals surface area (Å²) in [7, 11) is 0. The molecule has 11 heteroatoms. The fourth-order valence-corrected chi connectivity index (χ4v) is 5.56. The molecule has 4 aromatic rings. The van der Waals surface area contributed by atoms with Crippen molar-refractivity contribution in [2.75, 3.05) is 19.6 Å². The van der Waals surface area contributed by atoms with E-state index in [9.17, 15) is 4.79 Å². The minimum atomic E-state index is -0.124. The van der Waals surface area contributed by atoms with Gasteiger partial charge in [0.25, 0.3) is 5.91 Å².